The molecule has 4 rings (SSSR count). The molecule has 1 N–H and O–H groups in total. The number of esters is 1. The zero-order valence-electron chi connectivity index (χ0n) is 21.4. The molecule has 8 nitrogen and oxygen atoms in total. The maximum atomic E-state index is 13.8. The maximum absolute atomic E-state index is 13.8. The fourth-order valence-corrected chi connectivity index (χ4v) is 5.13. The molecule has 0 radical (unpaired) electrons. The number of hydrogen-bond donors (Lipinski definition) is 1. The molecule has 0 saturated carbocycles. The van der Waals surface area contributed by atoms with Gasteiger partial charge in [-0.25, -0.2) is 4.79 Å². The van der Waals surface area contributed by atoms with E-state index in [9.17, 15) is 9.59 Å². The van der Waals surface area contributed by atoms with Crippen LogP contribution in [0.3, 0.4) is 0 Å². The Morgan fingerprint density at radius 2 is 1.58 bits per heavy atom. The number of carbonyl (C=O) groups excluding carboxylic acids is 2. The number of rotatable bonds is 7. The van der Waals surface area contributed by atoms with Gasteiger partial charge in [0.2, 0.25) is 0 Å². The monoisotopic (exact) mass is 493 g/mol. The van der Waals surface area contributed by atoms with Gasteiger partial charge in [-0.1, -0.05) is 12.1 Å². The number of hydrogen-bond acceptors (Lipinski definition) is 8. The molecule has 0 spiro atoms. The lowest BCUT2D eigenvalue weighted by Crippen LogP contribution is -2.36. The number of nitrogens with one attached hydrogen (secondary N) is 1. The SMILES string of the molecule is COC(=O)C1=C(C)NC2=C(C(=O)C[C@@H](c3ccc(OC)c(OC)c3)C2)[C@@H]1c1ccc(OC)cc1OC. The van der Waals surface area contributed by atoms with E-state index in [4.69, 9.17) is 23.7 Å². The zero-order valence-corrected chi connectivity index (χ0v) is 21.4. The van der Waals surface area contributed by atoms with Crippen molar-refractivity contribution >= 4 is 11.8 Å². The van der Waals surface area contributed by atoms with Gasteiger partial charge < -0.3 is 29.0 Å². The molecule has 0 amide bonds. The predicted octanol–water partition coefficient (Wildman–Crippen LogP) is 4.26. The van der Waals surface area contributed by atoms with E-state index in [1.165, 1.54) is 7.11 Å². The van der Waals surface area contributed by atoms with E-state index < -0.39 is 11.9 Å². The lowest BCUT2D eigenvalue weighted by molar-refractivity contribution is -0.136. The van der Waals surface area contributed by atoms with Gasteiger partial charge in [0.25, 0.3) is 0 Å². The minimum atomic E-state index is -0.631. The van der Waals surface area contributed by atoms with Gasteiger partial charge in [0.1, 0.15) is 11.5 Å². The second kappa shape index (κ2) is 10.4. The lowest BCUT2D eigenvalue weighted by Gasteiger charge is -2.37. The van der Waals surface area contributed by atoms with E-state index in [0.717, 1.165) is 11.3 Å². The van der Waals surface area contributed by atoms with Crippen LogP contribution in [0.5, 0.6) is 23.0 Å². The third-order valence-corrected chi connectivity index (χ3v) is 6.86. The summed E-state index contributed by atoms with van der Waals surface area (Å²) in [7, 11) is 7.64. The molecule has 0 fully saturated rings. The average Bonchev–Trinajstić information content (AvgIpc) is 2.90. The molecule has 1 aliphatic carbocycles. The fourth-order valence-electron chi connectivity index (χ4n) is 5.13. The van der Waals surface area contributed by atoms with E-state index in [2.05, 4.69) is 5.32 Å². The van der Waals surface area contributed by atoms with Gasteiger partial charge in [-0.05, 0) is 43.0 Å². The van der Waals surface area contributed by atoms with E-state index in [-0.39, 0.29) is 11.7 Å². The van der Waals surface area contributed by atoms with Crippen molar-refractivity contribution in [2.45, 2.75) is 31.6 Å². The summed E-state index contributed by atoms with van der Waals surface area (Å²) in [5.41, 5.74) is 4.06. The number of benzene rings is 2. The van der Waals surface area contributed by atoms with E-state index >= 15 is 0 Å². The van der Waals surface area contributed by atoms with Crippen molar-refractivity contribution in [3.8, 4) is 23.0 Å². The zero-order chi connectivity index (χ0) is 26.0. The number of dihydropyridines is 1. The standard InChI is InChI=1S/C28H31NO7/c1-15-25(28(31)36-6)26(19-9-8-18(32-2)14-23(19)34-4)27-20(29-15)11-17(12-21(27)30)16-7-10-22(33-3)24(13-16)35-5/h7-10,13-14,17,26,29H,11-12H2,1-6H3/t17-,26+/m0/s1. The van der Waals surface area contributed by atoms with Crippen LogP contribution in [0.25, 0.3) is 0 Å². The van der Waals surface area contributed by atoms with Crippen LogP contribution >= 0.6 is 0 Å². The van der Waals surface area contributed by atoms with E-state index in [1.807, 2.05) is 31.2 Å². The first-order valence-electron chi connectivity index (χ1n) is 11.6. The first-order valence-corrected chi connectivity index (χ1v) is 11.6. The van der Waals surface area contributed by atoms with Crippen LogP contribution < -0.4 is 24.3 Å². The normalized spacial score (nSPS) is 19.3. The van der Waals surface area contributed by atoms with Crippen LogP contribution in [-0.4, -0.2) is 47.3 Å². The molecule has 8 heteroatoms. The van der Waals surface area contributed by atoms with Crippen LogP contribution in [0, 0.1) is 0 Å². The molecule has 2 aromatic carbocycles. The number of allylic oxidation sites excluding steroid dienone is 3. The van der Waals surface area contributed by atoms with Gasteiger partial charge in [0.15, 0.2) is 17.3 Å². The van der Waals surface area contributed by atoms with Crippen molar-refractivity contribution in [1.82, 2.24) is 5.32 Å². The molecule has 0 saturated heterocycles. The molecule has 190 valence electrons. The van der Waals surface area contributed by atoms with Crippen LogP contribution in [0.4, 0.5) is 0 Å². The molecule has 0 bridgehead atoms. The summed E-state index contributed by atoms with van der Waals surface area (Å²) in [5.74, 6) is 1.16. The minimum Gasteiger partial charge on any atom is -0.497 e. The number of ether oxygens (including phenoxy) is 5. The molecule has 2 aliphatic rings. The van der Waals surface area contributed by atoms with Gasteiger partial charge in [-0.3, -0.25) is 4.79 Å². The number of methoxy groups -OCH3 is 5. The summed E-state index contributed by atoms with van der Waals surface area (Å²) in [6.07, 6.45) is 0.885. The van der Waals surface area contributed by atoms with Crippen molar-refractivity contribution < 1.29 is 33.3 Å². The Morgan fingerprint density at radius 1 is 0.861 bits per heavy atom. The van der Waals surface area contributed by atoms with Gasteiger partial charge in [0.05, 0.1) is 47.0 Å². The largest absolute Gasteiger partial charge is 0.497 e. The summed E-state index contributed by atoms with van der Waals surface area (Å²) in [6, 6.07) is 11.1. The van der Waals surface area contributed by atoms with Crippen molar-refractivity contribution in [3.05, 3.63) is 70.1 Å². The maximum Gasteiger partial charge on any atom is 0.336 e. The molecule has 0 aromatic heterocycles. The Morgan fingerprint density at radius 3 is 2.22 bits per heavy atom. The molecule has 2 aromatic rings. The summed E-state index contributed by atoms with van der Waals surface area (Å²) < 4.78 is 27.0. The Hall–Kier alpha value is -3.94. The van der Waals surface area contributed by atoms with E-state index in [1.54, 1.807) is 40.6 Å². The summed E-state index contributed by atoms with van der Waals surface area (Å²) in [5, 5.41) is 3.34. The highest BCUT2D eigenvalue weighted by Crippen LogP contribution is 2.48. The first kappa shape index (κ1) is 25.2. The predicted molar refractivity (Wildman–Crippen MR) is 134 cm³/mol. The van der Waals surface area contributed by atoms with Crippen LogP contribution in [0.2, 0.25) is 0 Å². The third-order valence-electron chi connectivity index (χ3n) is 6.86. The topological polar surface area (TPSA) is 92.3 Å². The molecule has 1 heterocycles. The molecule has 2 atom stereocenters. The average molecular weight is 494 g/mol. The van der Waals surface area contributed by atoms with Crippen molar-refractivity contribution in [1.29, 1.82) is 0 Å². The minimum absolute atomic E-state index is 0.0414. The molecule has 36 heavy (non-hydrogen) atoms. The highest BCUT2D eigenvalue weighted by Gasteiger charge is 2.42. The fraction of sp³-hybridized carbons (Fsp3) is 0.357. The summed E-state index contributed by atoms with van der Waals surface area (Å²) in [4.78, 5) is 26.7. The summed E-state index contributed by atoms with van der Waals surface area (Å²) in [6.45, 7) is 1.82. The smallest absolute Gasteiger partial charge is 0.336 e. The Labute approximate surface area is 210 Å². The second-order valence-corrected chi connectivity index (χ2v) is 8.73. The van der Waals surface area contributed by atoms with E-state index in [0.29, 0.717) is 58.2 Å². The van der Waals surface area contributed by atoms with Gasteiger partial charge in [0, 0.05) is 35.0 Å². The number of Topliss-reactive ketones (excluding diaryl/α,β-unsaturated/α-hetero) is 1. The van der Waals surface area contributed by atoms with Crippen molar-refractivity contribution in [2.24, 2.45) is 0 Å². The first-order chi connectivity index (χ1) is 17.4. The highest BCUT2D eigenvalue weighted by molar-refractivity contribution is 6.04. The third kappa shape index (κ3) is 4.39. The Kier molecular flexibility index (Phi) is 7.24. The van der Waals surface area contributed by atoms with Gasteiger partial charge in [-0.15, -0.1) is 0 Å². The van der Waals surface area contributed by atoms with Crippen molar-refractivity contribution in [2.75, 3.05) is 35.5 Å². The van der Waals surface area contributed by atoms with Gasteiger partial charge >= 0.3 is 5.97 Å². The molecular formula is C28H31NO7. The number of carbonyl (C=O) groups is 2. The van der Waals surface area contributed by atoms with Crippen LogP contribution in [-0.2, 0) is 14.3 Å². The quantitative estimate of drug-likeness (QED) is 0.572. The Balaban J connectivity index is 1.82. The molecule has 1 aliphatic heterocycles. The molecule has 0 unspecified atom stereocenters. The number of ketones is 1. The lowest BCUT2D eigenvalue weighted by atomic mass is 9.71. The van der Waals surface area contributed by atoms with Crippen molar-refractivity contribution in [3.63, 3.8) is 0 Å². The molecular weight excluding hydrogens is 462 g/mol. The second-order valence-electron chi connectivity index (χ2n) is 8.73. The van der Waals surface area contributed by atoms with Crippen LogP contribution in [0.1, 0.15) is 42.7 Å². The van der Waals surface area contributed by atoms with Crippen LogP contribution in [0.15, 0.2) is 58.9 Å². The summed E-state index contributed by atoms with van der Waals surface area (Å²) >= 11 is 0. The highest BCUT2D eigenvalue weighted by atomic mass is 16.5. The van der Waals surface area contributed by atoms with Gasteiger partial charge in [-0.2, -0.15) is 0 Å². The Bertz CT molecular complexity index is 1260.